The van der Waals surface area contributed by atoms with E-state index in [1.807, 2.05) is 24.3 Å². The Hall–Kier alpha value is -3.54. The van der Waals surface area contributed by atoms with E-state index in [2.05, 4.69) is 10.2 Å². The van der Waals surface area contributed by atoms with Crippen LogP contribution in [-0.2, 0) is 0 Å². The van der Waals surface area contributed by atoms with Gasteiger partial charge in [-0.05, 0) is 59.7 Å². The van der Waals surface area contributed by atoms with Gasteiger partial charge in [0.1, 0.15) is 0 Å². The third kappa shape index (κ3) is 3.61. The van der Waals surface area contributed by atoms with Gasteiger partial charge in [0, 0.05) is 17.8 Å². The molecule has 3 rings (SSSR count). The Balaban J connectivity index is 1.75. The monoisotopic (exact) mass is 318 g/mol. The quantitative estimate of drug-likeness (QED) is 0.307. The van der Waals surface area contributed by atoms with Crippen molar-refractivity contribution in [1.29, 1.82) is 0 Å². The van der Waals surface area contributed by atoms with Crippen LogP contribution in [0.3, 0.4) is 0 Å². The summed E-state index contributed by atoms with van der Waals surface area (Å²) in [6.45, 7) is 0. The molecule has 3 aromatic rings. The van der Waals surface area contributed by atoms with Crippen molar-refractivity contribution in [3.63, 3.8) is 0 Å². The van der Waals surface area contributed by atoms with Crippen molar-refractivity contribution in [3.8, 4) is 11.1 Å². The lowest BCUT2D eigenvalue weighted by Crippen LogP contribution is -1.86. The molecule has 24 heavy (non-hydrogen) atoms. The molecule has 118 valence electrons. The summed E-state index contributed by atoms with van der Waals surface area (Å²) >= 11 is 0. The second-order valence-corrected chi connectivity index (χ2v) is 5.14. The molecule has 0 saturated heterocycles. The van der Waals surface area contributed by atoms with Crippen LogP contribution < -0.4 is 5.73 Å². The number of rotatable bonds is 4. The fourth-order valence-electron chi connectivity index (χ4n) is 2.15. The van der Waals surface area contributed by atoms with E-state index in [9.17, 15) is 10.1 Å². The van der Waals surface area contributed by atoms with Crippen molar-refractivity contribution >= 4 is 22.7 Å². The van der Waals surface area contributed by atoms with Gasteiger partial charge in [0.2, 0.25) is 0 Å². The maximum atomic E-state index is 10.7. The number of nitrogens with two attached hydrogens (primary N) is 1. The van der Waals surface area contributed by atoms with Gasteiger partial charge >= 0.3 is 0 Å². The number of nitro groups is 1. The number of benzene rings is 3. The lowest BCUT2D eigenvalue weighted by atomic mass is 10.1. The van der Waals surface area contributed by atoms with Gasteiger partial charge in [0.15, 0.2) is 0 Å². The van der Waals surface area contributed by atoms with E-state index in [4.69, 9.17) is 5.73 Å². The fraction of sp³-hybridized carbons (Fsp3) is 0. The number of hydrogen-bond acceptors (Lipinski definition) is 5. The molecular formula is C18H14N4O2. The van der Waals surface area contributed by atoms with E-state index < -0.39 is 4.92 Å². The van der Waals surface area contributed by atoms with E-state index >= 15 is 0 Å². The summed E-state index contributed by atoms with van der Waals surface area (Å²) < 4.78 is 0. The molecule has 3 aromatic carbocycles. The van der Waals surface area contributed by atoms with E-state index in [1.165, 1.54) is 12.1 Å². The second kappa shape index (κ2) is 6.70. The van der Waals surface area contributed by atoms with E-state index in [0.29, 0.717) is 5.69 Å². The molecule has 0 aliphatic carbocycles. The summed E-state index contributed by atoms with van der Waals surface area (Å²) in [6, 6.07) is 21.1. The van der Waals surface area contributed by atoms with Crippen LogP contribution in [0.1, 0.15) is 0 Å². The van der Waals surface area contributed by atoms with Gasteiger partial charge in [0.25, 0.3) is 5.69 Å². The zero-order valence-corrected chi connectivity index (χ0v) is 12.7. The SMILES string of the molecule is Nc1ccc(N=Nc2ccc(-c3ccc([N+](=O)[O-])cc3)cc2)cc1. The molecule has 0 unspecified atom stereocenters. The zero-order valence-electron chi connectivity index (χ0n) is 12.7. The minimum Gasteiger partial charge on any atom is -0.399 e. The molecule has 0 fully saturated rings. The lowest BCUT2D eigenvalue weighted by Gasteiger charge is -2.01. The zero-order chi connectivity index (χ0) is 16.9. The number of nitro benzene ring substituents is 1. The number of hydrogen-bond donors (Lipinski definition) is 1. The number of anilines is 1. The van der Waals surface area contributed by atoms with Gasteiger partial charge in [-0.3, -0.25) is 10.1 Å². The fourth-order valence-corrected chi connectivity index (χ4v) is 2.15. The summed E-state index contributed by atoms with van der Waals surface area (Å²) in [5, 5.41) is 19.0. The highest BCUT2D eigenvalue weighted by atomic mass is 16.6. The molecule has 0 spiro atoms. The number of nitrogen functional groups attached to an aromatic ring is 1. The van der Waals surface area contributed by atoms with Crippen molar-refractivity contribution < 1.29 is 4.92 Å². The maximum Gasteiger partial charge on any atom is 0.269 e. The summed E-state index contributed by atoms with van der Waals surface area (Å²) in [5.41, 5.74) is 9.69. The Morgan fingerprint density at radius 3 is 1.58 bits per heavy atom. The van der Waals surface area contributed by atoms with Crippen LogP contribution in [0.5, 0.6) is 0 Å². The number of nitrogens with zero attached hydrogens (tertiary/aromatic N) is 3. The smallest absolute Gasteiger partial charge is 0.269 e. The van der Waals surface area contributed by atoms with Crippen molar-refractivity contribution in [2.45, 2.75) is 0 Å². The van der Waals surface area contributed by atoms with Crippen LogP contribution in [0.2, 0.25) is 0 Å². The molecular weight excluding hydrogens is 304 g/mol. The van der Waals surface area contributed by atoms with Gasteiger partial charge in [-0.2, -0.15) is 10.2 Å². The van der Waals surface area contributed by atoms with Crippen molar-refractivity contribution in [3.05, 3.63) is 82.9 Å². The van der Waals surface area contributed by atoms with Crippen LogP contribution in [-0.4, -0.2) is 4.92 Å². The first kappa shape index (κ1) is 15.4. The largest absolute Gasteiger partial charge is 0.399 e. The summed E-state index contributed by atoms with van der Waals surface area (Å²) in [4.78, 5) is 10.3. The topological polar surface area (TPSA) is 93.9 Å². The third-order valence-electron chi connectivity index (χ3n) is 3.45. The first-order chi connectivity index (χ1) is 11.6. The number of non-ortho nitro benzene ring substituents is 1. The average molecular weight is 318 g/mol. The van der Waals surface area contributed by atoms with Crippen LogP contribution >= 0.6 is 0 Å². The molecule has 0 bridgehead atoms. The molecule has 6 nitrogen and oxygen atoms in total. The molecule has 2 N–H and O–H groups in total. The standard InChI is InChI=1S/C18H14N4O2/c19-15-5-9-17(10-6-15)21-20-16-7-1-13(2-8-16)14-3-11-18(12-4-14)22(23)24/h1-12H,19H2. The molecule has 0 heterocycles. The maximum absolute atomic E-state index is 10.7. The van der Waals surface area contributed by atoms with Crippen molar-refractivity contribution in [2.24, 2.45) is 10.2 Å². The molecule has 6 heteroatoms. The van der Waals surface area contributed by atoms with Crippen LogP contribution in [0.4, 0.5) is 22.7 Å². The van der Waals surface area contributed by atoms with Crippen LogP contribution in [0.15, 0.2) is 83.0 Å². The van der Waals surface area contributed by atoms with Gasteiger partial charge in [-0.1, -0.05) is 12.1 Å². The summed E-state index contributed by atoms with van der Waals surface area (Å²) in [7, 11) is 0. The van der Waals surface area contributed by atoms with Crippen LogP contribution in [0.25, 0.3) is 11.1 Å². The van der Waals surface area contributed by atoms with E-state index in [1.54, 1.807) is 36.4 Å². The molecule has 0 aliphatic rings. The highest BCUT2D eigenvalue weighted by molar-refractivity contribution is 5.66. The highest BCUT2D eigenvalue weighted by Gasteiger charge is 2.05. The van der Waals surface area contributed by atoms with E-state index in [0.717, 1.165) is 22.5 Å². The molecule has 0 atom stereocenters. The Labute approximate surface area is 138 Å². The molecule has 0 amide bonds. The third-order valence-corrected chi connectivity index (χ3v) is 3.45. The average Bonchev–Trinajstić information content (AvgIpc) is 2.62. The molecule has 0 aliphatic heterocycles. The minimum atomic E-state index is -0.412. The second-order valence-electron chi connectivity index (χ2n) is 5.14. The predicted octanol–water partition coefficient (Wildman–Crippen LogP) is 5.26. The van der Waals surface area contributed by atoms with E-state index in [-0.39, 0.29) is 5.69 Å². The Morgan fingerprint density at radius 1 is 0.708 bits per heavy atom. The van der Waals surface area contributed by atoms with Crippen molar-refractivity contribution in [1.82, 2.24) is 0 Å². The highest BCUT2D eigenvalue weighted by Crippen LogP contribution is 2.25. The molecule has 0 aromatic heterocycles. The van der Waals surface area contributed by atoms with Gasteiger partial charge < -0.3 is 5.73 Å². The van der Waals surface area contributed by atoms with Gasteiger partial charge in [0.05, 0.1) is 16.3 Å². The summed E-state index contributed by atoms with van der Waals surface area (Å²) in [6.07, 6.45) is 0. The Bertz CT molecular complexity index is 870. The lowest BCUT2D eigenvalue weighted by molar-refractivity contribution is -0.384. The summed E-state index contributed by atoms with van der Waals surface area (Å²) in [5.74, 6) is 0. The minimum absolute atomic E-state index is 0.0765. The molecule has 0 saturated carbocycles. The van der Waals surface area contributed by atoms with Crippen LogP contribution in [0, 0.1) is 10.1 Å². The van der Waals surface area contributed by atoms with Gasteiger partial charge in [-0.25, -0.2) is 0 Å². The van der Waals surface area contributed by atoms with Crippen molar-refractivity contribution in [2.75, 3.05) is 5.73 Å². The van der Waals surface area contributed by atoms with Gasteiger partial charge in [-0.15, -0.1) is 0 Å². The Morgan fingerprint density at radius 2 is 1.12 bits per heavy atom. The Kier molecular flexibility index (Phi) is 4.29. The molecule has 0 radical (unpaired) electrons. The first-order valence-corrected chi connectivity index (χ1v) is 7.24. The predicted molar refractivity (Wildman–Crippen MR) is 93.6 cm³/mol. The normalized spacial score (nSPS) is 10.8. The number of azo groups is 1. The first-order valence-electron chi connectivity index (χ1n) is 7.24.